The highest BCUT2D eigenvalue weighted by atomic mass is 35.5. The topological polar surface area (TPSA) is 68.0 Å². The zero-order valence-electron chi connectivity index (χ0n) is 9.31. The molecule has 96 valence electrons. The van der Waals surface area contributed by atoms with Gasteiger partial charge in [-0.1, -0.05) is 0 Å². The molecule has 0 bridgehead atoms. The molecule has 0 spiro atoms. The average molecular weight is 281 g/mol. The number of nitrogens with zero attached hydrogens (tertiary/aromatic N) is 1. The minimum absolute atomic E-state index is 0.0255. The molecule has 0 unspecified atom stereocenters. The van der Waals surface area contributed by atoms with E-state index in [1.165, 1.54) is 18.2 Å². The monoisotopic (exact) mass is 280 g/mol. The maximum absolute atomic E-state index is 13.2. The summed E-state index contributed by atoms with van der Waals surface area (Å²) in [6, 6.07) is 6.32. The summed E-state index contributed by atoms with van der Waals surface area (Å²) in [5, 5.41) is 0.0905. The van der Waals surface area contributed by atoms with E-state index in [1.807, 2.05) is 0 Å². The van der Waals surface area contributed by atoms with Gasteiger partial charge in [0.15, 0.2) is 5.22 Å². The predicted molar refractivity (Wildman–Crippen MR) is 67.4 cm³/mol. The van der Waals surface area contributed by atoms with E-state index < -0.39 is 17.1 Å². The molecule has 0 aliphatic carbocycles. The minimum Gasteiger partial charge on any atom is -0.428 e. The first-order valence-corrected chi connectivity index (χ1v) is 5.64. The van der Waals surface area contributed by atoms with Crippen molar-refractivity contribution in [3.8, 4) is 5.88 Å². The van der Waals surface area contributed by atoms with Crippen molar-refractivity contribution < 1.29 is 8.81 Å². The molecule has 2 heterocycles. The zero-order valence-corrected chi connectivity index (χ0v) is 10.1. The summed E-state index contributed by atoms with van der Waals surface area (Å²) in [5.41, 5.74) is -1.11. The van der Waals surface area contributed by atoms with Gasteiger partial charge in [0.2, 0.25) is 5.88 Å². The van der Waals surface area contributed by atoms with Gasteiger partial charge in [0.05, 0.1) is 10.9 Å². The van der Waals surface area contributed by atoms with Crippen LogP contribution in [-0.2, 0) is 0 Å². The zero-order chi connectivity index (χ0) is 13.6. The van der Waals surface area contributed by atoms with Crippen LogP contribution in [0.25, 0.3) is 16.8 Å². The van der Waals surface area contributed by atoms with Crippen LogP contribution in [0.5, 0.6) is 0 Å². The Kier molecular flexibility index (Phi) is 2.53. The molecule has 3 aromatic rings. The Balaban J connectivity index is 2.43. The third-order valence-corrected chi connectivity index (χ3v) is 2.84. The first kappa shape index (κ1) is 11.7. The van der Waals surface area contributed by atoms with Crippen LogP contribution in [0.1, 0.15) is 0 Å². The van der Waals surface area contributed by atoms with Gasteiger partial charge in [-0.25, -0.2) is 9.18 Å². The number of aromatic nitrogens is 2. The van der Waals surface area contributed by atoms with E-state index in [4.69, 9.17) is 16.0 Å². The summed E-state index contributed by atoms with van der Waals surface area (Å²) in [5.74, 6) is -0.594. The Morgan fingerprint density at radius 3 is 2.68 bits per heavy atom. The standard InChI is InChI=1S/C12H6ClFN2O3/c13-9-3-4-10(19-9)16-11(17)7-5-6(14)1-2-8(7)15-12(16)18/h1-5H,(H,15,18). The molecule has 19 heavy (non-hydrogen) atoms. The highest BCUT2D eigenvalue weighted by Crippen LogP contribution is 2.15. The third-order valence-electron chi connectivity index (χ3n) is 2.64. The Hall–Kier alpha value is -2.34. The van der Waals surface area contributed by atoms with Crippen molar-refractivity contribution in [1.29, 1.82) is 0 Å². The highest BCUT2D eigenvalue weighted by molar-refractivity contribution is 6.28. The van der Waals surface area contributed by atoms with Crippen molar-refractivity contribution in [2.45, 2.75) is 0 Å². The van der Waals surface area contributed by atoms with E-state index in [2.05, 4.69) is 4.98 Å². The van der Waals surface area contributed by atoms with Crippen molar-refractivity contribution in [2.24, 2.45) is 0 Å². The number of rotatable bonds is 1. The van der Waals surface area contributed by atoms with Gasteiger partial charge in [-0.15, -0.1) is 0 Å². The van der Waals surface area contributed by atoms with Crippen molar-refractivity contribution >= 4 is 22.5 Å². The molecule has 0 saturated carbocycles. The molecule has 0 aliphatic rings. The molecule has 1 N–H and O–H groups in total. The Bertz CT molecular complexity index is 894. The molecular formula is C12H6ClFN2O3. The number of halogens is 2. The lowest BCUT2D eigenvalue weighted by Crippen LogP contribution is -2.33. The van der Waals surface area contributed by atoms with E-state index in [0.29, 0.717) is 0 Å². The van der Waals surface area contributed by atoms with Gasteiger partial charge >= 0.3 is 5.69 Å². The molecule has 1 aromatic carbocycles. The Labute approximate surface area is 109 Å². The maximum Gasteiger partial charge on any atom is 0.335 e. The maximum atomic E-state index is 13.2. The van der Waals surface area contributed by atoms with Gasteiger partial charge in [0.25, 0.3) is 5.56 Å². The lowest BCUT2D eigenvalue weighted by Gasteiger charge is -2.03. The number of fused-ring (bicyclic) bond motifs is 1. The van der Waals surface area contributed by atoms with Gasteiger partial charge < -0.3 is 9.40 Å². The second kappa shape index (κ2) is 4.10. The third kappa shape index (κ3) is 1.86. The van der Waals surface area contributed by atoms with E-state index in [1.54, 1.807) is 0 Å². The molecular weight excluding hydrogens is 275 g/mol. The molecule has 3 rings (SSSR count). The quantitative estimate of drug-likeness (QED) is 0.742. The SMILES string of the molecule is O=c1[nH]c2ccc(F)cc2c(=O)n1-c1ccc(Cl)o1. The summed E-state index contributed by atoms with van der Waals surface area (Å²) in [7, 11) is 0. The van der Waals surface area contributed by atoms with E-state index in [9.17, 15) is 14.0 Å². The summed E-state index contributed by atoms with van der Waals surface area (Å²) < 4.78 is 19.0. The van der Waals surface area contributed by atoms with Crippen molar-refractivity contribution in [2.75, 3.05) is 0 Å². The van der Waals surface area contributed by atoms with E-state index in [0.717, 1.165) is 16.7 Å². The van der Waals surface area contributed by atoms with Crippen LogP contribution in [0.4, 0.5) is 4.39 Å². The molecule has 0 fully saturated rings. The van der Waals surface area contributed by atoms with Gasteiger partial charge in [-0.05, 0) is 35.9 Å². The summed E-state index contributed by atoms with van der Waals surface area (Å²) in [6.45, 7) is 0. The molecule has 0 saturated heterocycles. The van der Waals surface area contributed by atoms with Gasteiger partial charge in [0.1, 0.15) is 5.82 Å². The lowest BCUT2D eigenvalue weighted by atomic mass is 10.2. The number of benzene rings is 1. The van der Waals surface area contributed by atoms with E-state index >= 15 is 0 Å². The predicted octanol–water partition coefficient (Wildman–Crippen LogP) is 2.06. The molecule has 0 radical (unpaired) electrons. The molecule has 7 heteroatoms. The van der Waals surface area contributed by atoms with Crippen LogP contribution in [0.2, 0.25) is 5.22 Å². The number of furan rings is 1. The van der Waals surface area contributed by atoms with Gasteiger partial charge in [0, 0.05) is 6.07 Å². The lowest BCUT2D eigenvalue weighted by molar-refractivity contribution is 0.529. The largest absolute Gasteiger partial charge is 0.428 e. The molecule has 0 amide bonds. The van der Waals surface area contributed by atoms with Crippen LogP contribution < -0.4 is 11.2 Å². The molecule has 5 nitrogen and oxygen atoms in total. The first-order chi connectivity index (χ1) is 9.06. The average Bonchev–Trinajstić information content (AvgIpc) is 2.77. The number of H-pyrrole nitrogens is 1. The second-order valence-electron chi connectivity index (χ2n) is 3.84. The number of aromatic amines is 1. The fourth-order valence-electron chi connectivity index (χ4n) is 1.81. The first-order valence-electron chi connectivity index (χ1n) is 5.26. The van der Waals surface area contributed by atoms with Crippen molar-refractivity contribution in [1.82, 2.24) is 9.55 Å². The Morgan fingerprint density at radius 2 is 2.00 bits per heavy atom. The van der Waals surface area contributed by atoms with Crippen LogP contribution in [-0.4, -0.2) is 9.55 Å². The number of hydrogen-bond acceptors (Lipinski definition) is 3. The summed E-state index contributed by atoms with van der Waals surface area (Å²) >= 11 is 5.60. The minimum atomic E-state index is -0.685. The normalized spacial score (nSPS) is 11.1. The molecule has 0 aliphatic heterocycles. The van der Waals surface area contributed by atoms with Gasteiger partial charge in [-0.2, -0.15) is 4.57 Å². The highest BCUT2D eigenvalue weighted by Gasteiger charge is 2.12. The van der Waals surface area contributed by atoms with Crippen LogP contribution in [0.3, 0.4) is 0 Å². The smallest absolute Gasteiger partial charge is 0.335 e. The van der Waals surface area contributed by atoms with Crippen molar-refractivity contribution in [3.63, 3.8) is 0 Å². The van der Waals surface area contributed by atoms with Crippen LogP contribution >= 0.6 is 11.6 Å². The molecule has 2 aromatic heterocycles. The van der Waals surface area contributed by atoms with Crippen molar-refractivity contribution in [3.05, 3.63) is 62.2 Å². The summed E-state index contributed by atoms with van der Waals surface area (Å²) in [6.07, 6.45) is 0. The molecule has 0 atom stereocenters. The fraction of sp³-hybridized carbons (Fsp3) is 0. The Morgan fingerprint density at radius 1 is 1.21 bits per heavy atom. The number of hydrogen-bond donors (Lipinski definition) is 1. The van der Waals surface area contributed by atoms with E-state index in [-0.39, 0.29) is 22.0 Å². The number of nitrogens with one attached hydrogen (secondary N) is 1. The van der Waals surface area contributed by atoms with Gasteiger partial charge in [-0.3, -0.25) is 4.79 Å². The van der Waals surface area contributed by atoms with Crippen LogP contribution in [0, 0.1) is 5.82 Å². The fourth-order valence-corrected chi connectivity index (χ4v) is 1.95. The second-order valence-corrected chi connectivity index (χ2v) is 4.21. The summed E-state index contributed by atoms with van der Waals surface area (Å²) in [4.78, 5) is 26.5. The van der Waals surface area contributed by atoms with Crippen LogP contribution in [0.15, 0.2) is 44.3 Å².